The summed E-state index contributed by atoms with van der Waals surface area (Å²) in [4.78, 5) is 0. The molecule has 2 aromatic rings. The van der Waals surface area contributed by atoms with Crippen molar-refractivity contribution in [2.45, 2.75) is 0 Å². The summed E-state index contributed by atoms with van der Waals surface area (Å²) in [5.74, 6) is 0.654. The van der Waals surface area contributed by atoms with E-state index in [9.17, 15) is 0 Å². The van der Waals surface area contributed by atoms with E-state index in [1.807, 2.05) is 18.2 Å². The standard InChI is InChI=1S/C7H8N4P2/c8-4-1-2-5-6(3-4)11(13)9-7(5)10-12/h1-3,12H,8,13H2. The number of fused-ring (bicyclic) bond motifs is 1. The molecule has 4 nitrogen and oxygen atoms in total. The molecule has 1 atom stereocenters. The molecular weight excluding hydrogens is 202 g/mol. The van der Waals surface area contributed by atoms with E-state index in [-0.39, 0.29) is 0 Å². The molecule has 13 heavy (non-hydrogen) atoms. The number of nitrogen functional groups attached to an aromatic ring is 1. The highest BCUT2D eigenvalue weighted by molar-refractivity contribution is 7.14. The number of rotatable bonds is 1. The van der Waals surface area contributed by atoms with Crippen LogP contribution in [0.2, 0.25) is 0 Å². The van der Waals surface area contributed by atoms with E-state index < -0.39 is 0 Å². The second kappa shape index (κ2) is 3.06. The lowest BCUT2D eigenvalue weighted by atomic mass is 10.2. The number of benzene rings is 1. The van der Waals surface area contributed by atoms with Crippen LogP contribution in [0.25, 0.3) is 10.9 Å². The largest absolute Gasteiger partial charge is 0.399 e. The number of nitrogens with zero attached hydrogens (tertiary/aromatic N) is 3. The summed E-state index contributed by atoms with van der Waals surface area (Å²) >= 11 is 0. The maximum absolute atomic E-state index is 5.65. The number of hydrogen-bond acceptors (Lipinski definition) is 3. The fourth-order valence-electron chi connectivity index (χ4n) is 1.22. The van der Waals surface area contributed by atoms with Gasteiger partial charge in [-0.05, 0) is 36.6 Å². The molecule has 0 aliphatic carbocycles. The first-order chi connectivity index (χ1) is 6.22. The Bertz CT molecular complexity index is 477. The van der Waals surface area contributed by atoms with Crippen LogP contribution in [0, 0.1) is 0 Å². The molecule has 6 heteroatoms. The highest BCUT2D eigenvalue weighted by Gasteiger charge is 2.06. The van der Waals surface area contributed by atoms with E-state index in [1.165, 1.54) is 0 Å². The predicted molar refractivity (Wildman–Crippen MR) is 59.7 cm³/mol. The van der Waals surface area contributed by atoms with Crippen LogP contribution in [0.15, 0.2) is 22.9 Å². The lowest BCUT2D eigenvalue weighted by Crippen LogP contribution is -1.84. The van der Waals surface area contributed by atoms with Crippen molar-refractivity contribution in [1.29, 1.82) is 0 Å². The summed E-state index contributed by atoms with van der Waals surface area (Å²) in [6.45, 7) is 0. The maximum atomic E-state index is 5.65. The van der Waals surface area contributed by atoms with E-state index in [0.29, 0.717) is 5.82 Å². The molecule has 0 aliphatic rings. The van der Waals surface area contributed by atoms with Gasteiger partial charge >= 0.3 is 0 Å². The van der Waals surface area contributed by atoms with Crippen molar-refractivity contribution < 1.29 is 0 Å². The molecule has 0 saturated carbocycles. The van der Waals surface area contributed by atoms with Gasteiger partial charge in [0, 0.05) is 11.1 Å². The Morgan fingerprint density at radius 3 is 3.00 bits per heavy atom. The molecule has 1 heterocycles. The summed E-state index contributed by atoms with van der Waals surface area (Å²) in [5, 5.41) is 5.13. The molecule has 1 aromatic carbocycles. The van der Waals surface area contributed by atoms with Crippen molar-refractivity contribution in [3.8, 4) is 0 Å². The van der Waals surface area contributed by atoms with E-state index in [2.05, 4.69) is 28.3 Å². The predicted octanol–water partition coefficient (Wildman–Crippen LogP) is 2.21. The number of aromatic nitrogens is 2. The van der Waals surface area contributed by atoms with Gasteiger partial charge in [0.2, 0.25) is 0 Å². The van der Waals surface area contributed by atoms with Gasteiger partial charge in [0.25, 0.3) is 0 Å². The van der Waals surface area contributed by atoms with Crippen LogP contribution in [0.1, 0.15) is 0 Å². The third-order valence-electron chi connectivity index (χ3n) is 1.82. The summed E-state index contributed by atoms with van der Waals surface area (Å²) in [5.41, 5.74) is 7.32. The molecule has 0 fully saturated rings. The minimum absolute atomic E-state index is 0.654. The Morgan fingerprint density at radius 1 is 1.54 bits per heavy atom. The summed E-state index contributed by atoms with van der Waals surface area (Å²) in [6, 6.07) is 5.59. The zero-order chi connectivity index (χ0) is 9.42. The van der Waals surface area contributed by atoms with Crippen LogP contribution in [-0.2, 0) is 0 Å². The molecule has 1 aromatic heterocycles. The van der Waals surface area contributed by atoms with Gasteiger partial charge in [-0.2, -0.15) is 0 Å². The van der Waals surface area contributed by atoms with Crippen molar-refractivity contribution in [3.05, 3.63) is 18.2 Å². The molecule has 66 valence electrons. The van der Waals surface area contributed by atoms with Gasteiger partial charge in [-0.15, -0.1) is 5.10 Å². The van der Waals surface area contributed by atoms with Gasteiger partial charge in [-0.3, -0.25) is 0 Å². The topological polar surface area (TPSA) is 56.2 Å². The molecule has 0 spiro atoms. The minimum atomic E-state index is 0.654. The Balaban J connectivity index is 2.88. The number of nitrogens with two attached hydrogens (primary N) is 1. The highest BCUT2D eigenvalue weighted by atomic mass is 31.0. The first-order valence-electron chi connectivity index (χ1n) is 3.63. The Morgan fingerprint density at radius 2 is 2.31 bits per heavy atom. The van der Waals surface area contributed by atoms with Crippen LogP contribution in [0.4, 0.5) is 11.5 Å². The second-order valence-electron chi connectivity index (χ2n) is 2.66. The van der Waals surface area contributed by atoms with Gasteiger partial charge in [0.1, 0.15) is 0 Å². The van der Waals surface area contributed by atoms with Crippen LogP contribution in [-0.4, -0.2) is 9.55 Å². The van der Waals surface area contributed by atoms with Crippen LogP contribution < -0.4 is 5.73 Å². The van der Waals surface area contributed by atoms with Gasteiger partial charge in [0.15, 0.2) is 5.82 Å². The lowest BCUT2D eigenvalue weighted by molar-refractivity contribution is 1.04. The van der Waals surface area contributed by atoms with Crippen molar-refractivity contribution in [2.75, 3.05) is 5.73 Å². The normalized spacial score (nSPS) is 10.5. The van der Waals surface area contributed by atoms with Gasteiger partial charge in [-0.1, -0.05) is 0 Å². The van der Waals surface area contributed by atoms with Crippen LogP contribution in [0.3, 0.4) is 0 Å². The van der Waals surface area contributed by atoms with E-state index in [4.69, 9.17) is 5.73 Å². The van der Waals surface area contributed by atoms with Crippen molar-refractivity contribution in [3.63, 3.8) is 0 Å². The molecule has 2 N–H and O–H groups in total. The van der Waals surface area contributed by atoms with Crippen LogP contribution >= 0.6 is 18.4 Å². The van der Waals surface area contributed by atoms with Crippen LogP contribution in [0.5, 0.6) is 0 Å². The minimum Gasteiger partial charge on any atom is -0.399 e. The zero-order valence-corrected chi connectivity index (χ0v) is 8.88. The smallest absolute Gasteiger partial charge is 0.185 e. The third-order valence-corrected chi connectivity index (χ3v) is 2.42. The summed E-state index contributed by atoms with van der Waals surface area (Å²) in [6.07, 6.45) is 0. The van der Waals surface area contributed by atoms with Crippen molar-refractivity contribution in [2.24, 2.45) is 4.74 Å². The van der Waals surface area contributed by atoms with Crippen molar-refractivity contribution >= 4 is 40.8 Å². The molecule has 0 radical (unpaired) electrons. The molecular formula is C7H8N4P2. The number of anilines is 1. The van der Waals surface area contributed by atoms with Gasteiger partial charge < -0.3 is 5.73 Å². The van der Waals surface area contributed by atoms with E-state index in [1.54, 1.807) is 4.45 Å². The fraction of sp³-hybridized carbons (Fsp3) is 0. The molecule has 0 saturated heterocycles. The van der Waals surface area contributed by atoms with Gasteiger partial charge in [-0.25, -0.2) is 9.20 Å². The Hall–Kier alpha value is -0.980. The monoisotopic (exact) mass is 210 g/mol. The molecule has 0 aliphatic heterocycles. The Kier molecular flexibility index (Phi) is 2.03. The van der Waals surface area contributed by atoms with Crippen molar-refractivity contribution in [1.82, 2.24) is 9.55 Å². The Labute approximate surface area is 79.7 Å². The number of hydrogen-bond donors (Lipinski definition) is 1. The fourth-order valence-corrected chi connectivity index (χ4v) is 1.71. The molecule has 0 amide bonds. The van der Waals surface area contributed by atoms with Gasteiger partial charge in [0.05, 0.1) is 5.52 Å². The van der Waals surface area contributed by atoms with E-state index >= 15 is 0 Å². The highest BCUT2D eigenvalue weighted by Crippen LogP contribution is 2.28. The first-order valence-corrected chi connectivity index (χ1v) is 4.59. The second-order valence-corrected chi connectivity index (χ2v) is 3.37. The third kappa shape index (κ3) is 1.32. The molecule has 0 bridgehead atoms. The summed E-state index contributed by atoms with van der Waals surface area (Å²) < 4.78 is 5.54. The molecule has 2 rings (SSSR count). The first kappa shape index (κ1) is 8.61. The quantitative estimate of drug-likeness (QED) is 0.579. The zero-order valence-electron chi connectivity index (χ0n) is 6.73. The maximum Gasteiger partial charge on any atom is 0.185 e. The average Bonchev–Trinajstić information content (AvgIpc) is 2.43. The molecule has 1 unspecified atom stereocenters. The SMILES string of the molecule is Nc1ccc2c(N=P)nn(P)c2c1. The average molecular weight is 210 g/mol. The van der Waals surface area contributed by atoms with E-state index in [0.717, 1.165) is 16.6 Å². The lowest BCUT2D eigenvalue weighted by Gasteiger charge is -1.94. The summed E-state index contributed by atoms with van der Waals surface area (Å²) in [7, 11) is 5.55.